The molecule has 15 heavy (non-hydrogen) atoms. The number of hydrogen-bond acceptors (Lipinski definition) is 2. The lowest BCUT2D eigenvalue weighted by atomic mass is 9.94. The van der Waals surface area contributed by atoms with E-state index in [1.165, 1.54) is 5.56 Å². The summed E-state index contributed by atoms with van der Waals surface area (Å²) < 4.78 is 5.27. The SMILES string of the molecule is C=C1C(=O)O[C@H](c2ccc(C)cc2)[C@H]1C. The second kappa shape index (κ2) is 3.54. The van der Waals surface area contributed by atoms with E-state index < -0.39 is 0 Å². The predicted molar refractivity (Wildman–Crippen MR) is 58.3 cm³/mol. The van der Waals surface area contributed by atoms with Gasteiger partial charge in [0.05, 0.1) is 0 Å². The standard InChI is InChI=1S/C13H14O2/c1-8-4-6-11(7-5-8)12-9(2)10(3)13(14)15-12/h4-7,9,12H,3H2,1-2H3/t9-,12-/m0/s1. The minimum Gasteiger partial charge on any atom is -0.453 e. The van der Waals surface area contributed by atoms with Crippen LogP contribution in [0.25, 0.3) is 0 Å². The summed E-state index contributed by atoms with van der Waals surface area (Å²) >= 11 is 0. The molecule has 0 bridgehead atoms. The van der Waals surface area contributed by atoms with E-state index in [9.17, 15) is 4.79 Å². The van der Waals surface area contributed by atoms with Gasteiger partial charge in [-0.15, -0.1) is 0 Å². The van der Waals surface area contributed by atoms with E-state index in [0.29, 0.717) is 5.57 Å². The lowest BCUT2D eigenvalue weighted by Crippen LogP contribution is -2.04. The average molecular weight is 202 g/mol. The van der Waals surface area contributed by atoms with Crippen molar-refractivity contribution < 1.29 is 9.53 Å². The molecule has 0 radical (unpaired) electrons. The number of carbonyl (C=O) groups is 1. The molecule has 0 amide bonds. The van der Waals surface area contributed by atoms with Gasteiger partial charge < -0.3 is 4.74 Å². The highest BCUT2D eigenvalue weighted by atomic mass is 16.6. The van der Waals surface area contributed by atoms with E-state index in [4.69, 9.17) is 4.74 Å². The predicted octanol–water partition coefficient (Wildman–Crippen LogP) is 2.79. The van der Waals surface area contributed by atoms with Crippen molar-refractivity contribution in [3.8, 4) is 0 Å². The number of rotatable bonds is 1. The van der Waals surface area contributed by atoms with Crippen LogP contribution in [0.3, 0.4) is 0 Å². The molecule has 1 fully saturated rings. The van der Waals surface area contributed by atoms with Crippen LogP contribution in [0.4, 0.5) is 0 Å². The van der Waals surface area contributed by atoms with Crippen molar-refractivity contribution in [1.82, 2.24) is 0 Å². The Morgan fingerprint density at radius 2 is 1.87 bits per heavy atom. The van der Waals surface area contributed by atoms with Crippen LogP contribution in [0.5, 0.6) is 0 Å². The molecule has 1 heterocycles. The molecule has 2 rings (SSSR count). The Kier molecular flexibility index (Phi) is 2.35. The van der Waals surface area contributed by atoms with Crippen molar-refractivity contribution in [2.75, 3.05) is 0 Å². The Morgan fingerprint density at radius 1 is 1.27 bits per heavy atom. The van der Waals surface area contributed by atoms with Crippen LogP contribution in [0.15, 0.2) is 36.4 Å². The van der Waals surface area contributed by atoms with E-state index in [-0.39, 0.29) is 18.0 Å². The van der Waals surface area contributed by atoms with Crippen molar-refractivity contribution in [2.45, 2.75) is 20.0 Å². The smallest absolute Gasteiger partial charge is 0.334 e. The van der Waals surface area contributed by atoms with Crippen LogP contribution in [-0.4, -0.2) is 5.97 Å². The first-order chi connectivity index (χ1) is 7.09. The minimum absolute atomic E-state index is 0.0696. The van der Waals surface area contributed by atoms with Crippen molar-refractivity contribution >= 4 is 5.97 Å². The lowest BCUT2D eigenvalue weighted by molar-refractivity contribution is -0.139. The van der Waals surface area contributed by atoms with Gasteiger partial charge in [0.2, 0.25) is 0 Å². The molecular formula is C13H14O2. The van der Waals surface area contributed by atoms with Gasteiger partial charge in [0, 0.05) is 11.5 Å². The first kappa shape index (κ1) is 9.97. The Morgan fingerprint density at radius 3 is 2.33 bits per heavy atom. The van der Waals surface area contributed by atoms with Crippen molar-refractivity contribution in [1.29, 1.82) is 0 Å². The Bertz CT molecular complexity index is 403. The topological polar surface area (TPSA) is 26.3 Å². The fraction of sp³-hybridized carbons (Fsp3) is 0.308. The Balaban J connectivity index is 2.29. The molecule has 2 atom stereocenters. The van der Waals surface area contributed by atoms with E-state index in [0.717, 1.165) is 5.56 Å². The molecule has 2 nitrogen and oxygen atoms in total. The Hall–Kier alpha value is -1.57. The molecule has 1 aromatic carbocycles. The fourth-order valence-corrected chi connectivity index (χ4v) is 1.77. The van der Waals surface area contributed by atoms with Crippen LogP contribution in [0, 0.1) is 12.8 Å². The third kappa shape index (κ3) is 1.67. The van der Waals surface area contributed by atoms with E-state index in [1.54, 1.807) is 0 Å². The van der Waals surface area contributed by atoms with E-state index >= 15 is 0 Å². The monoisotopic (exact) mass is 202 g/mol. The number of aryl methyl sites for hydroxylation is 1. The van der Waals surface area contributed by atoms with Gasteiger partial charge in [-0.25, -0.2) is 4.79 Å². The molecule has 1 saturated heterocycles. The number of benzene rings is 1. The second-order valence-corrected chi connectivity index (χ2v) is 4.05. The normalized spacial score (nSPS) is 25.5. The van der Waals surface area contributed by atoms with Gasteiger partial charge in [-0.2, -0.15) is 0 Å². The summed E-state index contributed by atoms with van der Waals surface area (Å²) in [4.78, 5) is 11.3. The highest BCUT2D eigenvalue weighted by molar-refractivity contribution is 5.90. The zero-order chi connectivity index (χ0) is 11.0. The molecule has 0 saturated carbocycles. The highest BCUT2D eigenvalue weighted by Crippen LogP contribution is 2.37. The number of ether oxygens (including phenoxy) is 1. The van der Waals surface area contributed by atoms with Crippen LogP contribution in [-0.2, 0) is 9.53 Å². The highest BCUT2D eigenvalue weighted by Gasteiger charge is 2.36. The maximum absolute atomic E-state index is 11.3. The van der Waals surface area contributed by atoms with Crippen molar-refractivity contribution in [3.63, 3.8) is 0 Å². The van der Waals surface area contributed by atoms with Gasteiger partial charge >= 0.3 is 5.97 Å². The summed E-state index contributed by atoms with van der Waals surface area (Å²) in [6, 6.07) is 8.05. The van der Waals surface area contributed by atoms with Gasteiger partial charge in [0.1, 0.15) is 6.10 Å². The second-order valence-electron chi connectivity index (χ2n) is 4.05. The lowest BCUT2D eigenvalue weighted by Gasteiger charge is -2.13. The number of hydrogen-bond donors (Lipinski definition) is 0. The summed E-state index contributed by atoms with van der Waals surface area (Å²) in [5.41, 5.74) is 2.82. The molecule has 2 heteroatoms. The summed E-state index contributed by atoms with van der Waals surface area (Å²) in [7, 11) is 0. The van der Waals surface area contributed by atoms with Crippen LogP contribution < -0.4 is 0 Å². The molecular weight excluding hydrogens is 188 g/mol. The first-order valence-corrected chi connectivity index (χ1v) is 5.06. The van der Waals surface area contributed by atoms with Crippen molar-refractivity contribution in [3.05, 3.63) is 47.5 Å². The van der Waals surface area contributed by atoms with Gasteiger partial charge in [-0.3, -0.25) is 0 Å². The average Bonchev–Trinajstić information content (AvgIpc) is 2.47. The molecule has 0 spiro atoms. The molecule has 0 aliphatic carbocycles. The van der Waals surface area contributed by atoms with Gasteiger partial charge in [0.25, 0.3) is 0 Å². The maximum atomic E-state index is 11.3. The first-order valence-electron chi connectivity index (χ1n) is 5.06. The van der Waals surface area contributed by atoms with Gasteiger partial charge in [-0.05, 0) is 12.5 Å². The Labute approximate surface area is 89.6 Å². The molecule has 1 aromatic rings. The third-order valence-corrected chi connectivity index (χ3v) is 2.91. The van der Waals surface area contributed by atoms with E-state index in [1.807, 2.05) is 38.1 Å². The zero-order valence-electron chi connectivity index (χ0n) is 8.99. The van der Waals surface area contributed by atoms with Gasteiger partial charge in [0.15, 0.2) is 0 Å². The quantitative estimate of drug-likeness (QED) is 0.517. The third-order valence-electron chi connectivity index (χ3n) is 2.91. The molecule has 0 aromatic heterocycles. The summed E-state index contributed by atoms with van der Waals surface area (Å²) in [5, 5.41) is 0. The summed E-state index contributed by atoms with van der Waals surface area (Å²) in [5.74, 6) is -0.201. The van der Waals surface area contributed by atoms with E-state index in [2.05, 4.69) is 6.58 Å². The molecule has 0 N–H and O–H groups in total. The largest absolute Gasteiger partial charge is 0.453 e. The fourth-order valence-electron chi connectivity index (χ4n) is 1.77. The molecule has 1 aliphatic rings. The molecule has 0 unspecified atom stereocenters. The zero-order valence-corrected chi connectivity index (χ0v) is 8.99. The van der Waals surface area contributed by atoms with Crippen molar-refractivity contribution in [2.24, 2.45) is 5.92 Å². The minimum atomic E-state index is -0.270. The summed E-state index contributed by atoms with van der Waals surface area (Å²) in [6.45, 7) is 7.74. The molecule has 78 valence electrons. The maximum Gasteiger partial charge on any atom is 0.334 e. The number of cyclic esters (lactones) is 1. The molecule has 1 aliphatic heterocycles. The van der Waals surface area contributed by atoms with Crippen LogP contribution in [0.1, 0.15) is 24.2 Å². The van der Waals surface area contributed by atoms with Crippen LogP contribution >= 0.6 is 0 Å². The summed E-state index contributed by atoms with van der Waals surface area (Å²) in [6.07, 6.45) is -0.161. The van der Waals surface area contributed by atoms with Gasteiger partial charge in [-0.1, -0.05) is 43.3 Å². The van der Waals surface area contributed by atoms with Crippen LogP contribution in [0.2, 0.25) is 0 Å². The number of carbonyl (C=O) groups excluding carboxylic acids is 1. The number of esters is 1.